The van der Waals surface area contributed by atoms with Gasteiger partial charge in [-0.25, -0.2) is 0 Å². The van der Waals surface area contributed by atoms with Gasteiger partial charge in [0.1, 0.15) is 6.61 Å². The van der Waals surface area contributed by atoms with E-state index in [1.165, 1.54) is 0 Å². The maximum absolute atomic E-state index is 5.67. The molecule has 1 radical (unpaired) electrons. The summed E-state index contributed by atoms with van der Waals surface area (Å²) in [5.41, 5.74) is 1.14. The van der Waals surface area contributed by atoms with E-state index in [1.807, 2.05) is 42.5 Å². The third kappa shape index (κ3) is 2.54. The summed E-state index contributed by atoms with van der Waals surface area (Å²) in [5.74, 6) is 1.45. The van der Waals surface area contributed by atoms with Crippen molar-refractivity contribution in [3.05, 3.63) is 60.2 Å². The highest BCUT2D eigenvalue weighted by Crippen LogP contribution is 2.26. The smallest absolute Gasteiger partial charge is 0.161 e. The van der Waals surface area contributed by atoms with E-state index in [-0.39, 0.29) is 0 Å². The summed E-state index contributed by atoms with van der Waals surface area (Å²) in [6.07, 6.45) is 0. The number of benzene rings is 2. The third-order valence-electron chi connectivity index (χ3n) is 2.25. The van der Waals surface area contributed by atoms with E-state index < -0.39 is 0 Å². The zero-order valence-electron chi connectivity index (χ0n) is 9.14. The van der Waals surface area contributed by atoms with Crippen molar-refractivity contribution in [2.75, 3.05) is 7.11 Å². The largest absolute Gasteiger partial charge is 0.493 e. The average Bonchev–Trinajstić information content (AvgIpc) is 2.38. The van der Waals surface area contributed by atoms with Gasteiger partial charge >= 0.3 is 0 Å². The number of hydrogen-bond donors (Lipinski definition) is 0. The first-order valence-corrected chi connectivity index (χ1v) is 5.11. The molecule has 0 bridgehead atoms. The Hall–Kier alpha value is -1.96. The Morgan fingerprint density at radius 2 is 1.88 bits per heavy atom. The van der Waals surface area contributed by atoms with Crippen LogP contribution in [0.1, 0.15) is 5.56 Å². The Kier molecular flexibility index (Phi) is 3.44. The van der Waals surface area contributed by atoms with Crippen molar-refractivity contribution < 1.29 is 9.47 Å². The Balaban J connectivity index is 2.05. The van der Waals surface area contributed by atoms with Gasteiger partial charge in [-0.05, 0) is 23.8 Å². The summed E-state index contributed by atoms with van der Waals surface area (Å²) in [7, 11) is 1.62. The van der Waals surface area contributed by atoms with E-state index in [2.05, 4.69) is 6.07 Å². The number of hydrogen-bond acceptors (Lipinski definition) is 2. The highest BCUT2D eigenvalue weighted by Gasteiger charge is 2.02. The van der Waals surface area contributed by atoms with Gasteiger partial charge in [0.05, 0.1) is 7.11 Å². The predicted molar refractivity (Wildman–Crippen MR) is 62.6 cm³/mol. The first-order chi connectivity index (χ1) is 7.90. The van der Waals surface area contributed by atoms with Crippen molar-refractivity contribution in [3.8, 4) is 11.5 Å². The maximum Gasteiger partial charge on any atom is 0.161 e. The van der Waals surface area contributed by atoms with Crippen molar-refractivity contribution in [1.29, 1.82) is 0 Å². The maximum atomic E-state index is 5.67. The summed E-state index contributed by atoms with van der Waals surface area (Å²) in [6, 6.07) is 18.4. The molecule has 0 amide bonds. The third-order valence-corrected chi connectivity index (χ3v) is 2.25. The van der Waals surface area contributed by atoms with E-state index in [9.17, 15) is 0 Å². The van der Waals surface area contributed by atoms with E-state index in [0.29, 0.717) is 12.4 Å². The monoisotopic (exact) mass is 213 g/mol. The van der Waals surface area contributed by atoms with Crippen LogP contribution >= 0.6 is 0 Å². The fraction of sp³-hybridized carbons (Fsp3) is 0.143. The van der Waals surface area contributed by atoms with Gasteiger partial charge in [-0.15, -0.1) is 0 Å². The van der Waals surface area contributed by atoms with Crippen molar-refractivity contribution in [2.24, 2.45) is 0 Å². The molecule has 0 fully saturated rings. The molecule has 2 aromatic carbocycles. The standard InChI is InChI=1S/C14H13O2/c1-15-13-9-5-6-10-14(13)16-11-12-7-3-2-4-8-12/h2-4,6-10H,11H2,1H3. The summed E-state index contributed by atoms with van der Waals surface area (Å²) in [5, 5.41) is 0. The van der Waals surface area contributed by atoms with Crippen LogP contribution in [0.15, 0.2) is 48.5 Å². The Bertz CT molecular complexity index is 437. The zero-order valence-corrected chi connectivity index (χ0v) is 9.14. The molecule has 0 aliphatic rings. The molecule has 0 saturated carbocycles. The van der Waals surface area contributed by atoms with Gasteiger partial charge in [-0.2, -0.15) is 0 Å². The normalized spacial score (nSPS) is 9.81. The lowest BCUT2D eigenvalue weighted by molar-refractivity contribution is 0.284. The van der Waals surface area contributed by atoms with Crippen LogP contribution < -0.4 is 9.47 Å². The molecule has 0 aliphatic heterocycles. The molecule has 0 aromatic heterocycles. The molecule has 0 spiro atoms. The molecule has 0 aliphatic carbocycles. The lowest BCUT2D eigenvalue weighted by Gasteiger charge is -2.09. The topological polar surface area (TPSA) is 18.5 Å². The fourth-order valence-corrected chi connectivity index (χ4v) is 1.41. The molecule has 0 saturated heterocycles. The van der Waals surface area contributed by atoms with Gasteiger partial charge in [0.25, 0.3) is 0 Å². The number of rotatable bonds is 4. The predicted octanol–water partition coefficient (Wildman–Crippen LogP) is 3.07. The molecule has 2 nitrogen and oxygen atoms in total. The van der Waals surface area contributed by atoms with Crippen molar-refractivity contribution >= 4 is 0 Å². The van der Waals surface area contributed by atoms with Gasteiger partial charge in [-0.1, -0.05) is 36.4 Å². The minimum absolute atomic E-state index is 0.543. The quantitative estimate of drug-likeness (QED) is 0.777. The summed E-state index contributed by atoms with van der Waals surface area (Å²) in [4.78, 5) is 0. The van der Waals surface area contributed by atoms with Crippen LogP contribution in [-0.4, -0.2) is 7.11 Å². The van der Waals surface area contributed by atoms with Crippen molar-refractivity contribution in [2.45, 2.75) is 6.61 Å². The van der Waals surface area contributed by atoms with Crippen LogP contribution in [0.2, 0.25) is 0 Å². The SMILES string of the molecule is COc1c[c]ccc1OCc1ccccc1. The second-order valence-corrected chi connectivity index (χ2v) is 3.35. The second kappa shape index (κ2) is 5.21. The van der Waals surface area contributed by atoms with Crippen LogP contribution in [0.25, 0.3) is 0 Å². The average molecular weight is 213 g/mol. The van der Waals surface area contributed by atoms with Crippen LogP contribution in [0, 0.1) is 6.07 Å². The van der Waals surface area contributed by atoms with Crippen LogP contribution in [0.5, 0.6) is 11.5 Å². The minimum Gasteiger partial charge on any atom is -0.493 e. The summed E-state index contributed by atoms with van der Waals surface area (Å²) >= 11 is 0. The van der Waals surface area contributed by atoms with Crippen LogP contribution in [-0.2, 0) is 6.61 Å². The molecule has 0 N–H and O–H groups in total. The zero-order chi connectivity index (χ0) is 11.2. The highest BCUT2D eigenvalue weighted by molar-refractivity contribution is 5.39. The Labute approximate surface area is 95.4 Å². The summed E-state index contributed by atoms with van der Waals surface area (Å²) < 4.78 is 10.8. The van der Waals surface area contributed by atoms with Gasteiger partial charge in [0.15, 0.2) is 11.5 Å². The molecule has 2 rings (SSSR count). The second-order valence-electron chi connectivity index (χ2n) is 3.35. The highest BCUT2D eigenvalue weighted by atomic mass is 16.5. The van der Waals surface area contributed by atoms with E-state index >= 15 is 0 Å². The number of methoxy groups -OCH3 is 1. The number of ether oxygens (including phenoxy) is 2. The van der Waals surface area contributed by atoms with Gasteiger partial charge < -0.3 is 9.47 Å². The Morgan fingerprint density at radius 1 is 1.06 bits per heavy atom. The van der Waals surface area contributed by atoms with Crippen LogP contribution in [0.3, 0.4) is 0 Å². The Morgan fingerprint density at radius 3 is 2.62 bits per heavy atom. The lowest BCUT2D eigenvalue weighted by Crippen LogP contribution is -1.97. The van der Waals surface area contributed by atoms with Crippen LogP contribution in [0.4, 0.5) is 0 Å². The molecule has 0 atom stereocenters. The van der Waals surface area contributed by atoms with Gasteiger partial charge in [0.2, 0.25) is 0 Å². The summed E-state index contributed by atoms with van der Waals surface area (Å²) in [6.45, 7) is 0.543. The minimum atomic E-state index is 0.543. The van der Waals surface area contributed by atoms with E-state index in [4.69, 9.17) is 9.47 Å². The molecule has 81 valence electrons. The van der Waals surface area contributed by atoms with E-state index in [1.54, 1.807) is 13.2 Å². The molecular formula is C14H13O2. The molecule has 2 heteroatoms. The lowest BCUT2D eigenvalue weighted by atomic mass is 10.2. The molecule has 0 unspecified atom stereocenters. The van der Waals surface area contributed by atoms with Gasteiger partial charge in [-0.3, -0.25) is 0 Å². The first-order valence-electron chi connectivity index (χ1n) is 5.11. The molecular weight excluding hydrogens is 200 g/mol. The first kappa shape index (κ1) is 10.6. The van der Waals surface area contributed by atoms with Crippen molar-refractivity contribution in [1.82, 2.24) is 0 Å². The van der Waals surface area contributed by atoms with E-state index in [0.717, 1.165) is 11.3 Å². The molecule has 2 aromatic rings. The van der Waals surface area contributed by atoms with Gasteiger partial charge in [0, 0.05) is 0 Å². The van der Waals surface area contributed by atoms with Crippen molar-refractivity contribution in [3.63, 3.8) is 0 Å². The molecule has 16 heavy (non-hydrogen) atoms. The molecule has 0 heterocycles. The fourth-order valence-electron chi connectivity index (χ4n) is 1.41.